The Hall–Kier alpha value is -1.86. The molecule has 2 aromatic carbocycles. The van der Waals surface area contributed by atoms with Gasteiger partial charge in [0.2, 0.25) is 0 Å². The van der Waals surface area contributed by atoms with E-state index in [0.717, 1.165) is 52.7 Å². The molecule has 164 valence electrons. The molecule has 4 nitrogen and oxygen atoms in total. The average Bonchev–Trinajstić information content (AvgIpc) is 2.75. The highest BCUT2D eigenvalue weighted by Crippen LogP contribution is 2.31. The second-order valence-electron chi connectivity index (χ2n) is 8.05. The van der Waals surface area contributed by atoms with Crippen LogP contribution in [0.4, 0.5) is 0 Å². The minimum Gasteiger partial charge on any atom is -0.309 e. The molecule has 1 heterocycles. The van der Waals surface area contributed by atoms with Crippen LogP contribution in [-0.2, 0) is 0 Å². The highest BCUT2D eigenvalue weighted by molar-refractivity contribution is 7.99. The number of aromatic nitrogens is 2. The first-order chi connectivity index (χ1) is 14.9. The van der Waals surface area contributed by atoms with Crippen LogP contribution in [0, 0.1) is 6.92 Å². The lowest BCUT2D eigenvalue weighted by Crippen LogP contribution is -2.14. The molecule has 0 radical (unpaired) electrons. The molecular weight excluding hydrogens is 420 g/mol. The maximum Gasteiger partial charge on any atom is 0.116 e. The van der Waals surface area contributed by atoms with Gasteiger partial charge in [0, 0.05) is 51.1 Å². The molecule has 0 spiro atoms. The van der Waals surface area contributed by atoms with Crippen molar-refractivity contribution in [2.75, 3.05) is 52.8 Å². The molecule has 0 saturated heterocycles. The fourth-order valence-electron chi connectivity index (χ4n) is 3.14. The fourth-order valence-corrected chi connectivity index (χ4v) is 5.18. The molecule has 0 amide bonds. The lowest BCUT2D eigenvalue weighted by molar-refractivity contribution is 0.437. The second-order valence-corrected chi connectivity index (χ2v) is 10.4. The normalized spacial score (nSPS) is 11.5. The highest BCUT2D eigenvalue weighted by atomic mass is 32.2. The zero-order valence-electron chi connectivity index (χ0n) is 19.1. The summed E-state index contributed by atoms with van der Waals surface area (Å²) in [6, 6.07) is 17.4. The molecule has 0 unspecified atom stereocenters. The predicted molar refractivity (Wildman–Crippen MR) is 136 cm³/mol. The Morgan fingerprint density at radius 2 is 1.03 bits per heavy atom. The van der Waals surface area contributed by atoms with E-state index in [0.29, 0.717) is 0 Å². The van der Waals surface area contributed by atoms with E-state index in [4.69, 9.17) is 0 Å². The van der Waals surface area contributed by atoms with E-state index in [9.17, 15) is 0 Å². The minimum absolute atomic E-state index is 0.999. The van der Waals surface area contributed by atoms with Crippen molar-refractivity contribution in [1.29, 1.82) is 0 Å². The topological polar surface area (TPSA) is 32.3 Å². The van der Waals surface area contributed by atoms with E-state index < -0.39 is 0 Å². The number of thioether (sulfide) groups is 2. The van der Waals surface area contributed by atoms with E-state index in [-0.39, 0.29) is 0 Å². The largest absolute Gasteiger partial charge is 0.309 e. The van der Waals surface area contributed by atoms with Gasteiger partial charge in [-0.05, 0) is 59.4 Å². The van der Waals surface area contributed by atoms with Gasteiger partial charge in [-0.3, -0.25) is 0 Å². The third-order valence-corrected chi connectivity index (χ3v) is 6.94. The van der Waals surface area contributed by atoms with Gasteiger partial charge < -0.3 is 9.80 Å². The van der Waals surface area contributed by atoms with E-state index in [1.807, 2.05) is 23.5 Å². The zero-order chi connectivity index (χ0) is 22.2. The highest BCUT2D eigenvalue weighted by Gasteiger charge is 2.11. The van der Waals surface area contributed by atoms with E-state index in [1.165, 1.54) is 9.79 Å². The Balaban J connectivity index is 1.72. The van der Waals surface area contributed by atoms with Gasteiger partial charge >= 0.3 is 0 Å². The Morgan fingerprint density at radius 1 is 0.645 bits per heavy atom. The standard InChI is InChI=1S/C25H32N4S2/c1-19-24(20-6-10-22(11-7-20)30-16-14-28(2)3)26-18-27-25(19)21-8-12-23(13-9-21)31-17-15-29(4)5/h6-13,18H,14-17H2,1-5H3. The van der Waals surface area contributed by atoms with E-state index in [1.54, 1.807) is 6.33 Å². The maximum atomic E-state index is 4.59. The summed E-state index contributed by atoms with van der Waals surface area (Å²) in [5.74, 6) is 2.18. The lowest BCUT2D eigenvalue weighted by atomic mass is 10.0. The monoisotopic (exact) mass is 452 g/mol. The number of hydrogen-bond acceptors (Lipinski definition) is 6. The first-order valence-corrected chi connectivity index (χ1v) is 12.5. The third kappa shape index (κ3) is 7.07. The molecule has 6 heteroatoms. The molecule has 3 aromatic rings. The van der Waals surface area contributed by atoms with Crippen LogP contribution in [0.15, 0.2) is 64.6 Å². The van der Waals surface area contributed by atoms with Gasteiger partial charge in [0.25, 0.3) is 0 Å². The molecular formula is C25H32N4S2. The number of hydrogen-bond donors (Lipinski definition) is 0. The Bertz CT molecular complexity index is 879. The van der Waals surface area contributed by atoms with Crippen molar-refractivity contribution in [3.05, 3.63) is 60.4 Å². The van der Waals surface area contributed by atoms with Gasteiger partial charge in [0.05, 0.1) is 11.4 Å². The van der Waals surface area contributed by atoms with Crippen LogP contribution in [0.25, 0.3) is 22.5 Å². The summed E-state index contributed by atoms with van der Waals surface area (Å²) in [6.45, 7) is 4.27. The maximum absolute atomic E-state index is 4.59. The molecule has 0 N–H and O–H groups in total. The lowest BCUT2D eigenvalue weighted by Gasteiger charge is -2.12. The van der Waals surface area contributed by atoms with Gasteiger partial charge in [-0.15, -0.1) is 23.5 Å². The second kappa shape index (κ2) is 11.7. The predicted octanol–water partition coefficient (Wildman–Crippen LogP) is 5.43. The Kier molecular flexibility index (Phi) is 8.96. The molecule has 0 fully saturated rings. The number of rotatable bonds is 10. The third-order valence-electron chi connectivity index (χ3n) is 4.95. The Morgan fingerprint density at radius 3 is 1.39 bits per heavy atom. The first kappa shape index (κ1) is 23.8. The van der Waals surface area contributed by atoms with Crippen LogP contribution >= 0.6 is 23.5 Å². The van der Waals surface area contributed by atoms with Gasteiger partial charge in [-0.25, -0.2) is 9.97 Å². The van der Waals surface area contributed by atoms with Crippen molar-refractivity contribution in [3.63, 3.8) is 0 Å². The quantitative estimate of drug-likeness (QED) is 0.382. The zero-order valence-corrected chi connectivity index (χ0v) is 20.8. The molecule has 0 bridgehead atoms. The van der Waals surface area contributed by atoms with Crippen LogP contribution < -0.4 is 0 Å². The van der Waals surface area contributed by atoms with Gasteiger partial charge in [0.15, 0.2) is 0 Å². The van der Waals surface area contributed by atoms with Crippen molar-refractivity contribution >= 4 is 23.5 Å². The van der Waals surface area contributed by atoms with Crippen LogP contribution in [0.1, 0.15) is 5.56 Å². The summed E-state index contributed by atoms with van der Waals surface area (Å²) in [4.78, 5) is 16.2. The fraction of sp³-hybridized carbons (Fsp3) is 0.360. The number of benzene rings is 2. The van der Waals surface area contributed by atoms with Crippen LogP contribution in [0.2, 0.25) is 0 Å². The van der Waals surface area contributed by atoms with Crippen LogP contribution in [0.5, 0.6) is 0 Å². The summed E-state index contributed by atoms with van der Waals surface area (Å²) in [5.41, 5.74) is 5.38. The molecule has 1 aromatic heterocycles. The Labute approximate surface area is 195 Å². The van der Waals surface area contributed by atoms with Gasteiger partial charge in [-0.2, -0.15) is 0 Å². The summed E-state index contributed by atoms with van der Waals surface area (Å²) in [5, 5.41) is 0. The molecule has 0 aliphatic carbocycles. The van der Waals surface area contributed by atoms with Crippen LogP contribution in [0.3, 0.4) is 0 Å². The number of nitrogens with zero attached hydrogens (tertiary/aromatic N) is 4. The molecule has 31 heavy (non-hydrogen) atoms. The van der Waals surface area contributed by atoms with Gasteiger partial charge in [0.1, 0.15) is 6.33 Å². The molecule has 0 aliphatic heterocycles. The summed E-state index contributed by atoms with van der Waals surface area (Å²) < 4.78 is 0. The summed E-state index contributed by atoms with van der Waals surface area (Å²) in [6.07, 6.45) is 1.68. The molecule has 0 aliphatic rings. The first-order valence-electron chi connectivity index (χ1n) is 10.5. The van der Waals surface area contributed by atoms with Crippen molar-refractivity contribution in [2.24, 2.45) is 0 Å². The van der Waals surface area contributed by atoms with E-state index in [2.05, 4.69) is 103 Å². The van der Waals surface area contributed by atoms with Crippen molar-refractivity contribution in [1.82, 2.24) is 19.8 Å². The smallest absolute Gasteiger partial charge is 0.116 e. The van der Waals surface area contributed by atoms with Crippen molar-refractivity contribution in [2.45, 2.75) is 16.7 Å². The average molecular weight is 453 g/mol. The minimum atomic E-state index is 0.999. The molecule has 3 rings (SSSR count). The molecule has 0 saturated carbocycles. The molecule has 0 atom stereocenters. The van der Waals surface area contributed by atoms with Crippen molar-refractivity contribution in [3.8, 4) is 22.5 Å². The van der Waals surface area contributed by atoms with E-state index >= 15 is 0 Å². The van der Waals surface area contributed by atoms with Gasteiger partial charge in [-0.1, -0.05) is 24.3 Å². The summed E-state index contributed by atoms with van der Waals surface area (Å²) in [7, 11) is 8.43. The summed E-state index contributed by atoms with van der Waals surface area (Å²) >= 11 is 3.77. The van der Waals surface area contributed by atoms with Crippen molar-refractivity contribution < 1.29 is 0 Å². The van der Waals surface area contributed by atoms with Crippen LogP contribution in [-0.4, -0.2) is 72.6 Å². The SMILES string of the molecule is Cc1c(-c2ccc(SCCN(C)C)cc2)ncnc1-c1ccc(SCCN(C)C)cc1.